The molecule has 0 radical (unpaired) electrons. The van der Waals surface area contributed by atoms with E-state index in [-0.39, 0.29) is 11.8 Å². The smallest absolute Gasteiger partial charge is 0.254 e. The third kappa shape index (κ3) is 7.30. The number of hydrogen-bond acceptors (Lipinski definition) is 4. The maximum Gasteiger partial charge on any atom is 0.254 e. The van der Waals surface area contributed by atoms with Gasteiger partial charge in [-0.2, -0.15) is 5.26 Å². The molecule has 1 unspecified atom stereocenters. The molecule has 8 heteroatoms. The minimum Gasteiger partial charge on any atom is -0.341 e. The third-order valence-corrected chi connectivity index (χ3v) is 10.3. The summed E-state index contributed by atoms with van der Waals surface area (Å²) in [5.74, 6) is 0.325. The van der Waals surface area contributed by atoms with Gasteiger partial charge in [0.25, 0.3) is 5.91 Å². The van der Waals surface area contributed by atoms with Gasteiger partial charge in [-0.25, -0.2) is 0 Å². The highest BCUT2D eigenvalue weighted by molar-refractivity contribution is 7.84. The maximum absolute atomic E-state index is 13.8. The van der Waals surface area contributed by atoms with E-state index in [0.717, 1.165) is 60.1 Å². The standard InChI is InChI=1S/C35H35Cl2N3O2S/c1-39(35(41)31-20-24(22-38)19-27-7-3-4-8-29(27)31)23-28(26-11-12-32(36)33(37)21-26)15-18-40-16-13-25(14-17-40)30-9-5-6-10-34(30)43(2)42/h3-12,19-21,25,28H,13-18,23H2,1-2H3/t28?,43-/m0/s1. The van der Waals surface area contributed by atoms with Crippen LogP contribution in [0, 0.1) is 11.3 Å². The SMILES string of the molecule is CN(CC(CCN1CCC(c2ccccc2[S@](C)=O)CC1)c1ccc(Cl)c(Cl)c1)C(=O)c1cc(C#N)cc2ccccc12. The molecule has 43 heavy (non-hydrogen) atoms. The molecule has 1 amide bonds. The summed E-state index contributed by atoms with van der Waals surface area (Å²) >= 11 is 12.7. The van der Waals surface area contributed by atoms with Crippen LogP contribution in [0.4, 0.5) is 0 Å². The Hall–Kier alpha value is -3.21. The third-order valence-electron chi connectivity index (χ3n) is 8.53. The van der Waals surface area contributed by atoms with Gasteiger partial charge < -0.3 is 9.80 Å². The van der Waals surface area contributed by atoms with Crippen LogP contribution in [0.1, 0.15) is 58.1 Å². The van der Waals surface area contributed by atoms with Crippen molar-refractivity contribution in [3.8, 4) is 6.07 Å². The van der Waals surface area contributed by atoms with Crippen LogP contribution in [0.2, 0.25) is 10.0 Å². The van der Waals surface area contributed by atoms with Crippen LogP contribution >= 0.6 is 23.2 Å². The number of carbonyl (C=O) groups is 1. The van der Waals surface area contributed by atoms with Gasteiger partial charge in [-0.05, 0) is 97.0 Å². The molecule has 1 aliphatic rings. The normalized spacial score (nSPS) is 15.6. The topological polar surface area (TPSA) is 64.4 Å². The van der Waals surface area contributed by atoms with Crippen molar-refractivity contribution in [3.05, 3.63) is 111 Å². The van der Waals surface area contributed by atoms with Crippen LogP contribution in [-0.2, 0) is 10.8 Å². The summed E-state index contributed by atoms with van der Waals surface area (Å²) in [4.78, 5) is 19.0. The Balaban J connectivity index is 1.31. The first-order valence-corrected chi connectivity index (χ1v) is 16.8. The van der Waals surface area contributed by atoms with Crippen molar-refractivity contribution < 1.29 is 9.00 Å². The summed E-state index contributed by atoms with van der Waals surface area (Å²) < 4.78 is 12.3. The number of nitrogens with zero attached hydrogens (tertiary/aromatic N) is 3. The molecule has 4 aromatic rings. The quantitative estimate of drug-likeness (QED) is 0.188. The van der Waals surface area contributed by atoms with E-state index in [9.17, 15) is 14.3 Å². The second-order valence-corrected chi connectivity index (χ2v) is 13.5. The van der Waals surface area contributed by atoms with Crippen LogP contribution in [0.3, 0.4) is 0 Å². The maximum atomic E-state index is 13.8. The van der Waals surface area contributed by atoms with Crippen LogP contribution in [0.25, 0.3) is 10.8 Å². The van der Waals surface area contributed by atoms with Crippen LogP contribution in [-0.4, -0.2) is 59.4 Å². The predicted molar refractivity (Wildman–Crippen MR) is 177 cm³/mol. The number of fused-ring (bicyclic) bond motifs is 1. The number of nitriles is 1. The van der Waals surface area contributed by atoms with Gasteiger partial charge >= 0.3 is 0 Å². The fourth-order valence-corrected chi connectivity index (χ4v) is 7.33. The fraction of sp³-hybridized carbons (Fsp3) is 0.314. The molecule has 0 aliphatic carbocycles. The minimum absolute atomic E-state index is 0.0371. The van der Waals surface area contributed by atoms with E-state index in [1.165, 1.54) is 5.56 Å². The Morgan fingerprint density at radius 3 is 2.47 bits per heavy atom. The first-order valence-electron chi connectivity index (χ1n) is 14.5. The van der Waals surface area contributed by atoms with Crippen molar-refractivity contribution in [2.45, 2.75) is 36.0 Å². The molecule has 1 fully saturated rings. The molecule has 0 aromatic heterocycles. The number of likely N-dealkylation sites (tertiary alicyclic amines) is 1. The van der Waals surface area contributed by atoms with Gasteiger partial charge in [0.2, 0.25) is 0 Å². The lowest BCUT2D eigenvalue weighted by Crippen LogP contribution is -2.36. The molecule has 1 saturated heterocycles. The lowest BCUT2D eigenvalue weighted by Gasteiger charge is -2.34. The van der Waals surface area contributed by atoms with Gasteiger partial charge in [-0.3, -0.25) is 9.00 Å². The van der Waals surface area contributed by atoms with Gasteiger partial charge in [0.1, 0.15) is 0 Å². The Bertz CT molecular complexity index is 1690. The van der Waals surface area contributed by atoms with Gasteiger partial charge in [-0.1, -0.05) is 71.7 Å². The van der Waals surface area contributed by atoms with E-state index in [4.69, 9.17) is 23.2 Å². The number of halogens is 2. The minimum atomic E-state index is -1.00. The van der Waals surface area contributed by atoms with Crippen molar-refractivity contribution >= 4 is 50.7 Å². The first kappa shape index (κ1) is 31.2. The summed E-state index contributed by atoms with van der Waals surface area (Å²) in [6.07, 6.45) is 4.63. The average Bonchev–Trinajstić information content (AvgIpc) is 3.03. The molecule has 0 N–H and O–H groups in total. The monoisotopic (exact) mass is 631 g/mol. The molecular formula is C35H35Cl2N3O2S. The summed E-state index contributed by atoms with van der Waals surface area (Å²) in [6.45, 7) is 3.30. The number of hydrogen-bond donors (Lipinski definition) is 0. The highest BCUT2D eigenvalue weighted by Crippen LogP contribution is 2.33. The molecule has 0 bridgehead atoms. The summed E-state index contributed by atoms with van der Waals surface area (Å²) in [5.41, 5.74) is 3.25. The molecule has 5 nitrogen and oxygen atoms in total. The van der Waals surface area contributed by atoms with Gasteiger partial charge in [-0.15, -0.1) is 0 Å². The van der Waals surface area contributed by atoms with E-state index in [1.807, 2.05) is 73.8 Å². The molecule has 2 atom stereocenters. The van der Waals surface area contributed by atoms with E-state index in [0.29, 0.717) is 33.6 Å². The molecule has 222 valence electrons. The fourth-order valence-electron chi connectivity index (χ4n) is 6.19. The summed E-state index contributed by atoms with van der Waals surface area (Å²) in [6, 6.07) is 27.2. The summed E-state index contributed by atoms with van der Waals surface area (Å²) in [5, 5.41) is 12.3. The molecule has 5 rings (SSSR count). The zero-order valence-corrected chi connectivity index (χ0v) is 26.8. The summed E-state index contributed by atoms with van der Waals surface area (Å²) in [7, 11) is 0.820. The van der Waals surface area contributed by atoms with Gasteiger partial charge in [0.15, 0.2) is 0 Å². The number of rotatable bonds is 9. The van der Waals surface area contributed by atoms with Crippen molar-refractivity contribution in [3.63, 3.8) is 0 Å². The van der Waals surface area contributed by atoms with E-state index < -0.39 is 10.8 Å². The molecule has 1 heterocycles. The van der Waals surface area contributed by atoms with Crippen LogP contribution in [0.15, 0.2) is 83.8 Å². The molecule has 1 aliphatic heterocycles. The van der Waals surface area contributed by atoms with E-state index in [2.05, 4.69) is 17.0 Å². The molecule has 0 saturated carbocycles. The predicted octanol–water partition coefficient (Wildman–Crippen LogP) is 7.88. The van der Waals surface area contributed by atoms with Crippen LogP contribution in [0.5, 0.6) is 0 Å². The Labute approximate surface area is 266 Å². The zero-order chi connectivity index (χ0) is 30.5. The zero-order valence-electron chi connectivity index (χ0n) is 24.4. The second-order valence-electron chi connectivity index (χ2n) is 11.3. The number of piperidine rings is 1. The Kier molecular flexibility index (Phi) is 10.2. The number of carbonyl (C=O) groups excluding carboxylic acids is 1. The molecule has 0 spiro atoms. The number of benzene rings is 4. The first-order chi connectivity index (χ1) is 20.7. The largest absolute Gasteiger partial charge is 0.341 e. The number of amides is 1. The van der Waals surface area contributed by atoms with Crippen LogP contribution < -0.4 is 0 Å². The second kappa shape index (κ2) is 14.1. The van der Waals surface area contributed by atoms with E-state index in [1.54, 1.807) is 17.2 Å². The van der Waals surface area contributed by atoms with Crippen molar-refractivity contribution in [2.24, 2.45) is 0 Å². The van der Waals surface area contributed by atoms with Gasteiger partial charge in [0, 0.05) is 36.2 Å². The van der Waals surface area contributed by atoms with Crippen molar-refractivity contribution in [1.82, 2.24) is 9.80 Å². The highest BCUT2D eigenvalue weighted by Gasteiger charge is 2.26. The Morgan fingerprint density at radius 1 is 1.02 bits per heavy atom. The highest BCUT2D eigenvalue weighted by atomic mass is 35.5. The molecule has 4 aromatic carbocycles. The average molecular weight is 633 g/mol. The van der Waals surface area contributed by atoms with Crippen molar-refractivity contribution in [1.29, 1.82) is 5.26 Å². The van der Waals surface area contributed by atoms with E-state index >= 15 is 0 Å². The van der Waals surface area contributed by atoms with Crippen molar-refractivity contribution in [2.75, 3.05) is 39.5 Å². The number of likely N-dealkylation sites (N-methyl/N-ethyl adjacent to an activating group) is 1. The molecular weight excluding hydrogens is 597 g/mol. The lowest BCUT2D eigenvalue weighted by molar-refractivity contribution is 0.0783. The van der Waals surface area contributed by atoms with Gasteiger partial charge in [0.05, 0.1) is 32.5 Å². The lowest BCUT2D eigenvalue weighted by atomic mass is 9.88. The Morgan fingerprint density at radius 2 is 1.74 bits per heavy atom.